The minimum Gasteiger partial charge on any atom is -0.374 e. The largest absolute Gasteiger partial charge is 0.500 e. The minimum atomic E-state index is -6.44. The van der Waals surface area contributed by atoms with Crippen molar-refractivity contribution in [3.63, 3.8) is 0 Å². The predicted molar refractivity (Wildman–Crippen MR) is 99.9 cm³/mol. The molecule has 1 saturated heterocycles. The third kappa shape index (κ3) is 5.71. The van der Waals surface area contributed by atoms with Gasteiger partial charge in [0.1, 0.15) is 0 Å². The Morgan fingerprint density at radius 3 is 1.79 bits per heavy atom. The van der Waals surface area contributed by atoms with Crippen molar-refractivity contribution in [2.75, 3.05) is 25.6 Å². The third-order valence-electron chi connectivity index (χ3n) is 4.12. The standard InChI is InChI=1S/C13H25F3O9S3Si/c1-4-23-29(24-5-2,25-6-3)9-7-8-11-10-26(17,18)12(27(11,19)20)28(21,22)13(14,15)16/h11-12H,4-10H2,1-3H3. The van der Waals surface area contributed by atoms with Crippen LogP contribution in [-0.2, 0) is 42.8 Å². The van der Waals surface area contributed by atoms with E-state index >= 15 is 0 Å². The van der Waals surface area contributed by atoms with Gasteiger partial charge in [-0.25, -0.2) is 25.3 Å². The highest BCUT2D eigenvalue weighted by Crippen LogP contribution is 2.40. The fourth-order valence-corrected chi connectivity index (χ4v) is 15.6. The van der Waals surface area contributed by atoms with Crippen LogP contribution in [0.1, 0.15) is 33.6 Å². The van der Waals surface area contributed by atoms with Crippen LogP contribution < -0.4 is 0 Å². The second-order valence-corrected chi connectivity index (χ2v) is 16.3. The highest BCUT2D eigenvalue weighted by molar-refractivity contribution is 8.26. The summed E-state index contributed by atoms with van der Waals surface area (Å²) in [4.78, 5) is 0. The van der Waals surface area contributed by atoms with Gasteiger partial charge in [0.25, 0.3) is 13.8 Å². The summed E-state index contributed by atoms with van der Waals surface area (Å²) in [5, 5.41) is -1.77. The van der Waals surface area contributed by atoms with E-state index in [2.05, 4.69) is 0 Å². The van der Waals surface area contributed by atoms with Crippen LogP contribution in [0.5, 0.6) is 0 Å². The van der Waals surface area contributed by atoms with Gasteiger partial charge < -0.3 is 13.3 Å². The van der Waals surface area contributed by atoms with Gasteiger partial charge in [-0.15, -0.1) is 0 Å². The van der Waals surface area contributed by atoms with Crippen molar-refractivity contribution in [1.82, 2.24) is 0 Å². The third-order valence-corrected chi connectivity index (χ3v) is 16.8. The van der Waals surface area contributed by atoms with Crippen LogP contribution in [0.4, 0.5) is 13.2 Å². The highest BCUT2D eigenvalue weighted by Gasteiger charge is 2.66. The molecule has 1 rings (SSSR count). The van der Waals surface area contributed by atoms with Crippen molar-refractivity contribution in [1.29, 1.82) is 0 Å². The molecule has 1 heterocycles. The van der Waals surface area contributed by atoms with E-state index in [4.69, 9.17) is 13.3 Å². The summed E-state index contributed by atoms with van der Waals surface area (Å²) in [6.07, 6.45) is -0.363. The quantitative estimate of drug-likeness (QED) is 0.380. The summed E-state index contributed by atoms with van der Waals surface area (Å²) < 4.78 is 124. The first-order valence-corrected chi connectivity index (χ1v) is 15.6. The molecule has 0 saturated carbocycles. The van der Waals surface area contributed by atoms with Gasteiger partial charge in [0.2, 0.25) is 0 Å². The lowest BCUT2D eigenvalue weighted by Gasteiger charge is -2.28. The molecule has 174 valence electrons. The number of rotatable bonds is 11. The van der Waals surface area contributed by atoms with Crippen molar-refractivity contribution in [2.45, 2.75) is 54.3 Å². The van der Waals surface area contributed by atoms with Crippen LogP contribution in [-0.4, -0.2) is 74.3 Å². The predicted octanol–water partition coefficient (Wildman–Crippen LogP) is 1.24. The molecule has 0 aromatic rings. The molecule has 1 aliphatic heterocycles. The van der Waals surface area contributed by atoms with Gasteiger partial charge >= 0.3 is 14.3 Å². The SMILES string of the molecule is CCO[Si](CCCC1CS(=O)(=O)C(S(=O)(=O)C(F)(F)F)S1(=O)=O)(OCC)OCC. The lowest BCUT2D eigenvalue weighted by Crippen LogP contribution is -2.46. The van der Waals surface area contributed by atoms with Crippen LogP contribution in [0.2, 0.25) is 6.04 Å². The summed E-state index contributed by atoms with van der Waals surface area (Å²) in [7, 11) is -19.8. The van der Waals surface area contributed by atoms with Crippen LogP contribution in [0.25, 0.3) is 0 Å². The molecule has 1 aliphatic rings. The number of hydrogen-bond donors (Lipinski definition) is 0. The lowest BCUT2D eigenvalue weighted by molar-refractivity contribution is -0.0434. The molecular weight excluding hydrogens is 481 g/mol. The Hall–Kier alpha value is -0.263. The molecule has 0 aliphatic carbocycles. The fraction of sp³-hybridized carbons (Fsp3) is 1.00. The zero-order chi connectivity index (χ0) is 22.7. The number of hydrogen-bond acceptors (Lipinski definition) is 9. The Bertz CT molecular complexity index is 852. The van der Waals surface area contributed by atoms with Gasteiger partial charge in [-0.1, -0.05) is 0 Å². The van der Waals surface area contributed by atoms with Gasteiger partial charge in [0, 0.05) is 25.9 Å². The van der Waals surface area contributed by atoms with E-state index in [0.29, 0.717) is 0 Å². The Kier molecular flexibility index (Phi) is 8.75. The number of sulfone groups is 3. The van der Waals surface area contributed by atoms with Gasteiger partial charge in [-0.3, -0.25) is 0 Å². The summed E-state index contributed by atoms with van der Waals surface area (Å²) >= 11 is 0. The average Bonchev–Trinajstić information content (AvgIpc) is 2.71. The lowest BCUT2D eigenvalue weighted by atomic mass is 10.3. The zero-order valence-electron chi connectivity index (χ0n) is 16.1. The molecule has 0 spiro atoms. The summed E-state index contributed by atoms with van der Waals surface area (Å²) in [5.74, 6) is -1.19. The van der Waals surface area contributed by atoms with Crippen LogP contribution in [0, 0.1) is 0 Å². The van der Waals surface area contributed by atoms with Crippen molar-refractivity contribution in [3.8, 4) is 0 Å². The molecule has 9 nitrogen and oxygen atoms in total. The fourth-order valence-electron chi connectivity index (χ4n) is 3.07. The Labute approximate surface area is 170 Å². The van der Waals surface area contributed by atoms with Crippen LogP contribution in [0.15, 0.2) is 0 Å². The second-order valence-electron chi connectivity index (χ2n) is 6.19. The first-order chi connectivity index (χ1) is 13.1. The van der Waals surface area contributed by atoms with Crippen LogP contribution in [0.3, 0.4) is 0 Å². The molecule has 2 unspecified atom stereocenters. The van der Waals surface area contributed by atoms with Crippen LogP contribution >= 0.6 is 0 Å². The van der Waals surface area contributed by atoms with E-state index in [-0.39, 0.29) is 38.7 Å². The van der Waals surface area contributed by atoms with Crippen molar-refractivity contribution < 1.29 is 51.7 Å². The molecule has 2 atom stereocenters. The zero-order valence-corrected chi connectivity index (χ0v) is 19.6. The molecule has 0 aromatic carbocycles. The topological polar surface area (TPSA) is 130 Å². The molecule has 29 heavy (non-hydrogen) atoms. The number of alkyl halides is 3. The molecule has 16 heteroatoms. The minimum absolute atomic E-state index is 0.00439. The summed E-state index contributed by atoms with van der Waals surface area (Å²) in [5.41, 5.74) is -6.01. The smallest absolute Gasteiger partial charge is 0.374 e. The molecule has 0 N–H and O–H groups in total. The molecule has 1 fully saturated rings. The maximum absolute atomic E-state index is 12.8. The molecule has 0 amide bonds. The maximum Gasteiger partial charge on any atom is 0.500 e. The van der Waals surface area contributed by atoms with E-state index in [1.165, 1.54) is 0 Å². The van der Waals surface area contributed by atoms with E-state index in [1.807, 2.05) is 0 Å². The Morgan fingerprint density at radius 1 is 0.966 bits per heavy atom. The summed E-state index contributed by atoms with van der Waals surface area (Å²) in [6.45, 7) is 5.82. The van der Waals surface area contributed by atoms with E-state index < -0.39 is 58.7 Å². The van der Waals surface area contributed by atoms with Crippen molar-refractivity contribution in [2.24, 2.45) is 0 Å². The van der Waals surface area contributed by atoms with Gasteiger partial charge in [-0.05, 0) is 33.6 Å². The van der Waals surface area contributed by atoms with Crippen molar-refractivity contribution in [3.05, 3.63) is 0 Å². The number of halogens is 3. The normalized spacial score (nSPS) is 24.6. The van der Waals surface area contributed by atoms with Gasteiger partial charge in [0.15, 0.2) is 19.7 Å². The summed E-state index contributed by atoms with van der Waals surface area (Å²) in [6, 6.07) is 0.102. The maximum atomic E-state index is 12.8. The van der Waals surface area contributed by atoms with E-state index in [1.54, 1.807) is 20.8 Å². The Balaban J connectivity index is 3.08. The van der Waals surface area contributed by atoms with E-state index in [0.717, 1.165) is 0 Å². The Morgan fingerprint density at radius 2 is 1.41 bits per heavy atom. The van der Waals surface area contributed by atoms with Gasteiger partial charge in [-0.2, -0.15) is 13.2 Å². The average molecular weight is 507 g/mol. The van der Waals surface area contributed by atoms with E-state index in [9.17, 15) is 38.4 Å². The first kappa shape index (κ1) is 26.8. The van der Waals surface area contributed by atoms with Gasteiger partial charge in [0.05, 0.1) is 11.0 Å². The second kappa shape index (κ2) is 9.48. The highest BCUT2D eigenvalue weighted by atomic mass is 32.3. The monoisotopic (exact) mass is 506 g/mol. The molecule has 0 aromatic heterocycles. The van der Waals surface area contributed by atoms with Crippen molar-refractivity contribution >= 4 is 38.3 Å². The molecular formula is C13H25F3O9S3Si. The molecule has 0 bridgehead atoms. The molecule has 0 radical (unpaired) electrons. The first-order valence-electron chi connectivity index (χ1n) is 8.77.